The van der Waals surface area contributed by atoms with E-state index in [9.17, 15) is 19.2 Å². The van der Waals surface area contributed by atoms with E-state index >= 15 is 0 Å². The first-order valence-corrected chi connectivity index (χ1v) is 8.36. The number of ether oxygens (including phenoxy) is 1. The second-order valence-electron chi connectivity index (χ2n) is 6.49. The molecule has 0 aliphatic rings. The Morgan fingerprint density at radius 1 is 0.840 bits per heavy atom. The molecule has 0 aromatic carbocycles. The van der Waals surface area contributed by atoms with Crippen LogP contribution in [-0.2, 0) is 23.9 Å². The molecule has 0 fully saturated rings. The lowest BCUT2D eigenvalue weighted by Gasteiger charge is -2.19. The van der Waals surface area contributed by atoms with E-state index in [-0.39, 0.29) is 31.3 Å². The van der Waals surface area contributed by atoms with E-state index < -0.39 is 17.5 Å². The van der Waals surface area contributed by atoms with Gasteiger partial charge in [0.05, 0.1) is 6.54 Å². The normalized spacial score (nSPS) is 10.7. The standard InChI is InChI=1S/C16H30N4O5/c1-16(2,3)25-15(24)11-20-14(23)10-19-13(22)7-5-9-18-12(21)6-4-8-17/h4-11,17H2,1-3H3,(H,18,21)(H,19,22)(H,20,23). The summed E-state index contributed by atoms with van der Waals surface area (Å²) in [7, 11) is 0. The first-order valence-electron chi connectivity index (χ1n) is 8.36. The van der Waals surface area contributed by atoms with Crippen LogP contribution in [0.5, 0.6) is 0 Å². The Balaban J connectivity index is 3.72. The number of carbonyl (C=O) groups is 4. The zero-order valence-electron chi connectivity index (χ0n) is 15.3. The molecule has 5 N–H and O–H groups in total. The Labute approximate surface area is 148 Å². The second-order valence-corrected chi connectivity index (χ2v) is 6.49. The summed E-state index contributed by atoms with van der Waals surface area (Å²) in [5.41, 5.74) is 4.69. The highest BCUT2D eigenvalue weighted by molar-refractivity contribution is 5.87. The van der Waals surface area contributed by atoms with Crippen molar-refractivity contribution in [2.75, 3.05) is 26.2 Å². The van der Waals surface area contributed by atoms with Crippen LogP contribution in [0, 0.1) is 0 Å². The molecule has 0 aromatic heterocycles. The molecule has 0 bridgehead atoms. The van der Waals surface area contributed by atoms with Gasteiger partial charge in [-0.25, -0.2) is 0 Å². The maximum absolute atomic E-state index is 11.6. The van der Waals surface area contributed by atoms with Crippen molar-refractivity contribution in [3.05, 3.63) is 0 Å². The van der Waals surface area contributed by atoms with Crippen molar-refractivity contribution < 1.29 is 23.9 Å². The molecule has 0 saturated carbocycles. The lowest BCUT2D eigenvalue weighted by atomic mass is 10.2. The second kappa shape index (κ2) is 12.2. The van der Waals surface area contributed by atoms with E-state index in [1.807, 2.05) is 0 Å². The van der Waals surface area contributed by atoms with Crippen molar-refractivity contribution >= 4 is 23.7 Å². The third-order valence-electron chi connectivity index (χ3n) is 2.81. The summed E-state index contributed by atoms with van der Waals surface area (Å²) in [6.45, 7) is 5.58. The molecule has 0 aliphatic carbocycles. The van der Waals surface area contributed by atoms with Crippen LogP contribution in [0.25, 0.3) is 0 Å². The summed E-state index contributed by atoms with van der Waals surface area (Å²) in [6, 6.07) is 0. The van der Waals surface area contributed by atoms with Crippen molar-refractivity contribution in [3.63, 3.8) is 0 Å². The van der Waals surface area contributed by atoms with Crippen LogP contribution in [0.4, 0.5) is 0 Å². The van der Waals surface area contributed by atoms with Crippen LogP contribution in [0.3, 0.4) is 0 Å². The molecule has 0 rings (SSSR count). The third-order valence-corrected chi connectivity index (χ3v) is 2.81. The van der Waals surface area contributed by atoms with Gasteiger partial charge in [-0.1, -0.05) is 0 Å². The summed E-state index contributed by atoms with van der Waals surface area (Å²) in [5.74, 6) is -1.41. The Bertz CT molecular complexity index is 460. The smallest absolute Gasteiger partial charge is 0.325 e. The number of amides is 3. The number of rotatable bonds is 11. The van der Waals surface area contributed by atoms with Crippen molar-refractivity contribution in [1.29, 1.82) is 0 Å². The highest BCUT2D eigenvalue weighted by atomic mass is 16.6. The molecular formula is C16H30N4O5. The fourth-order valence-electron chi connectivity index (χ4n) is 1.71. The first kappa shape index (κ1) is 22.8. The Morgan fingerprint density at radius 2 is 1.40 bits per heavy atom. The van der Waals surface area contributed by atoms with E-state index in [1.165, 1.54) is 0 Å². The predicted octanol–water partition coefficient (Wildman–Crippen LogP) is -0.804. The van der Waals surface area contributed by atoms with Gasteiger partial charge in [-0.05, 0) is 40.2 Å². The predicted molar refractivity (Wildman–Crippen MR) is 92.4 cm³/mol. The maximum Gasteiger partial charge on any atom is 0.325 e. The summed E-state index contributed by atoms with van der Waals surface area (Å²) >= 11 is 0. The molecule has 25 heavy (non-hydrogen) atoms. The van der Waals surface area contributed by atoms with E-state index in [4.69, 9.17) is 10.5 Å². The van der Waals surface area contributed by atoms with Crippen molar-refractivity contribution in [3.8, 4) is 0 Å². The summed E-state index contributed by atoms with van der Waals surface area (Å²) < 4.78 is 5.04. The summed E-state index contributed by atoms with van der Waals surface area (Å²) in [5, 5.41) is 7.50. The van der Waals surface area contributed by atoms with Crippen LogP contribution >= 0.6 is 0 Å². The molecule has 3 amide bonds. The lowest BCUT2D eigenvalue weighted by molar-refractivity contribution is -0.154. The van der Waals surface area contributed by atoms with E-state index in [0.29, 0.717) is 32.4 Å². The van der Waals surface area contributed by atoms with Gasteiger partial charge in [-0.15, -0.1) is 0 Å². The van der Waals surface area contributed by atoms with E-state index in [1.54, 1.807) is 20.8 Å². The minimum absolute atomic E-state index is 0.0904. The van der Waals surface area contributed by atoms with Gasteiger partial charge in [0.25, 0.3) is 0 Å². The molecule has 9 heteroatoms. The number of hydrogen-bond donors (Lipinski definition) is 4. The molecule has 0 saturated heterocycles. The SMILES string of the molecule is CC(C)(C)OC(=O)CNC(=O)CNC(=O)CCCNC(=O)CCCN. The topological polar surface area (TPSA) is 140 Å². The van der Waals surface area contributed by atoms with Crippen LogP contribution in [0.2, 0.25) is 0 Å². The van der Waals surface area contributed by atoms with Crippen molar-refractivity contribution in [1.82, 2.24) is 16.0 Å². The Hall–Kier alpha value is -2.16. The molecule has 0 heterocycles. The minimum Gasteiger partial charge on any atom is -0.459 e. The van der Waals surface area contributed by atoms with Gasteiger partial charge in [0.15, 0.2) is 0 Å². The summed E-state index contributed by atoms with van der Waals surface area (Å²) in [4.78, 5) is 45.9. The quantitative estimate of drug-likeness (QED) is 0.281. The van der Waals surface area contributed by atoms with Gasteiger partial charge in [-0.3, -0.25) is 19.2 Å². The summed E-state index contributed by atoms with van der Waals surface area (Å²) in [6.07, 6.45) is 1.67. The fraction of sp³-hybridized carbons (Fsp3) is 0.750. The van der Waals surface area contributed by atoms with Crippen LogP contribution in [0.15, 0.2) is 0 Å². The highest BCUT2D eigenvalue weighted by Gasteiger charge is 2.16. The number of hydrogen-bond acceptors (Lipinski definition) is 6. The third kappa shape index (κ3) is 15.1. The molecule has 0 aliphatic heterocycles. The van der Waals surface area contributed by atoms with E-state index in [0.717, 1.165) is 0 Å². The molecule has 0 aromatic rings. The number of esters is 1. The van der Waals surface area contributed by atoms with Gasteiger partial charge in [0.1, 0.15) is 12.1 Å². The maximum atomic E-state index is 11.6. The fourth-order valence-corrected chi connectivity index (χ4v) is 1.71. The van der Waals surface area contributed by atoms with Gasteiger partial charge >= 0.3 is 5.97 Å². The number of carbonyl (C=O) groups excluding carboxylic acids is 4. The molecule has 0 spiro atoms. The van der Waals surface area contributed by atoms with Crippen molar-refractivity contribution in [2.24, 2.45) is 5.73 Å². The molecule has 0 radical (unpaired) electrons. The van der Waals surface area contributed by atoms with Crippen LogP contribution in [0.1, 0.15) is 46.5 Å². The van der Waals surface area contributed by atoms with Gasteiger partial charge < -0.3 is 26.4 Å². The lowest BCUT2D eigenvalue weighted by Crippen LogP contribution is -2.40. The molecule has 0 atom stereocenters. The number of nitrogens with two attached hydrogens (primary N) is 1. The van der Waals surface area contributed by atoms with E-state index in [2.05, 4.69) is 16.0 Å². The van der Waals surface area contributed by atoms with Gasteiger partial charge in [-0.2, -0.15) is 0 Å². The monoisotopic (exact) mass is 358 g/mol. The first-order chi connectivity index (χ1) is 11.6. The molecular weight excluding hydrogens is 328 g/mol. The molecule has 9 nitrogen and oxygen atoms in total. The highest BCUT2D eigenvalue weighted by Crippen LogP contribution is 2.06. The van der Waals surface area contributed by atoms with Crippen LogP contribution < -0.4 is 21.7 Å². The molecule has 144 valence electrons. The zero-order chi connectivity index (χ0) is 19.3. The van der Waals surface area contributed by atoms with Crippen molar-refractivity contribution in [2.45, 2.75) is 52.1 Å². The Kier molecular flexibility index (Phi) is 11.2. The largest absolute Gasteiger partial charge is 0.459 e. The minimum atomic E-state index is -0.615. The van der Waals surface area contributed by atoms with Gasteiger partial charge in [0, 0.05) is 19.4 Å². The van der Waals surface area contributed by atoms with Crippen LogP contribution in [-0.4, -0.2) is 55.5 Å². The average Bonchev–Trinajstić information content (AvgIpc) is 2.51. The van der Waals surface area contributed by atoms with Gasteiger partial charge in [0.2, 0.25) is 17.7 Å². The Morgan fingerprint density at radius 3 is 2.00 bits per heavy atom. The number of nitrogens with one attached hydrogen (secondary N) is 3. The zero-order valence-corrected chi connectivity index (χ0v) is 15.3. The molecule has 0 unspecified atom stereocenters. The average molecular weight is 358 g/mol.